The summed E-state index contributed by atoms with van der Waals surface area (Å²) in [7, 11) is 0. The summed E-state index contributed by atoms with van der Waals surface area (Å²) in [5, 5.41) is 10.1. The summed E-state index contributed by atoms with van der Waals surface area (Å²) in [5.74, 6) is -0.155. The van der Waals surface area contributed by atoms with Crippen LogP contribution in [0.5, 0.6) is 0 Å². The highest BCUT2D eigenvalue weighted by Gasteiger charge is 1.99. The van der Waals surface area contributed by atoms with Crippen LogP contribution in [0.1, 0.15) is 9.67 Å². The number of carbonyl (C=O) groups is 1. The number of thiophene rings is 1. The summed E-state index contributed by atoms with van der Waals surface area (Å²) in [6.45, 7) is 0. The third-order valence-electron chi connectivity index (χ3n) is 0.990. The molecule has 1 aromatic rings. The number of aliphatic hydroxyl groups excluding tert-OH is 1. The van der Waals surface area contributed by atoms with Gasteiger partial charge in [-0.3, -0.25) is 4.79 Å². The van der Waals surface area contributed by atoms with Gasteiger partial charge in [0.05, 0.1) is 11.1 Å². The molecule has 0 saturated heterocycles. The Balaban J connectivity index is 2.78. The van der Waals surface area contributed by atoms with Crippen LogP contribution in [0, 0.1) is 0 Å². The number of carbonyl (C=O) groups excluding carboxylic acids is 1. The summed E-state index contributed by atoms with van der Waals surface area (Å²) in [6.07, 6.45) is 1.88. The van der Waals surface area contributed by atoms with Gasteiger partial charge in [-0.1, -0.05) is 6.07 Å². The molecule has 0 unspecified atom stereocenters. The number of hydrogen-bond donors (Lipinski definition) is 1. The van der Waals surface area contributed by atoms with E-state index < -0.39 is 0 Å². The zero-order chi connectivity index (χ0) is 7.40. The van der Waals surface area contributed by atoms with Gasteiger partial charge in [0.25, 0.3) is 0 Å². The molecule has 0 aliphatic rings. The maximum absolute atomic E-state index is 10.9. The van der Waals surface area contributed by atoms with Gasteiger partial charge < -0.3 is 5.11 Å². The van der Waals surface area contributed by atoms with Gasteiger partial charge in [0.2, 0.25) is 0 Å². The first-order valence-corrected chi connectivity index (χ1v) is 3.61. The Morgan fingerprint density at radius 1 is 1.70 bits per heavy atom. The first-order chi connectivity index (χ1) is 4.84. The lowest BCUT2D eigenvalue weighted by Crippen LogP contribution is -1.87. The molecule has 0 atom stereocenters. The summed E-state index contributed by atoms with van der Waals surface area (Å²) in [5.41, 5.74) is 0. The predicted molar refractivity (Wildman–Crippen MR) is 40.4 cm³/mol. The van der Waals surface area contributed by atoms with Crippen molar-refractivity contribution in [2.45, 2.75) is 0 Å². The van der Waals surface area contributed by atoms with Crippen LogP contribution in [0.4, 0.5) is 0 Å². The first kappa shape index (κ1) is 7.02. The second kappa shape index (κ2) is 3.17. The molecule has 0 aliphatic heterocycles. The van der Waals surface area contributed by atoms with Crippen LogP contribution < -0.4 is 0 Å². The summed E-state index contributed by atoms with van der Waals surface area (Å²) >= 11 is 1.36. The lowest BCUT2D eigenvalue weighted by atomic mass is 10.3. The van der Waals surface area contributed by atoms with E-state index in [-0.39, 0.29) is 5.78 Å². The second-order valence-electron chi connectivity index (χ2n) is 1.66. The minimum absolute atomic E-state index is 0.155. The molecule has 0 aliphatic carbocycles. The molecule has 0 aromatic carbocycles. The van der Waals surface area contributed by atoms with Crippen molar-refractivity contribution in [3.05, 3.63) is 34.7 Å². The van der Waals surface area contributed by atoms with Gasteiger partial charge in [0.15, 0.2) is 5.78 Å². The third-order valence-corrected chi connectivity index (χ3v) is 1.87. The average molecular weight is 154 g/mol. The molecule has 0 radical (unpaired) electrons. The van der Waals surface area contributed by atoms with Crippen LogP contribution in [-0.2, 0) is 0 Å². The van der Waals surface area contributed by atoms with Crippen molar-refractivity contribution in [3.8, 4) is 0 Å². The van der Waals surface area contributed by atoms with Crippen LogP contribution >= 0.6 is 11.3 Å². The smallest absolute Gasteiger partial charge is 0.198 e. The number of rotatable bonds is 2. The van der Waals surface area contributed by atoms with E-state index in [1.807, 2.05) is 5.38 Å². The monoisotopic (exact) mass is 154 g/mol. The van der Waals surface area contributed by atoms with E-state index in [4.69, 9.17) is 5.11 Å². The standard InChI is InChI=1S/C7H6O2S/c8-4-3-6(9)7-2-1-5-10-7/h1-5,8H/b4-3+. The molecule has 10 heavy (non-hydrogen) atoms. The summed E-state index contributed by atoms with van der Waals surface area (Å²) in [4.78, 5) is 11.5. The van der Waals surface area contributed by atoms with Gasteiger partial charge in [0.1, 0.15) is 0 Å². The molecule has 0 saturated carbocycles. The van der Waals surface area contributed by atoms with Crippen molar-refractivity contribution in [1.29, 1.82) is 0 Å². The second-order valence-corrected chi connectivity index (χ2v) is 2.60. The van der Waals surface area contributed by atoms with Gasteiger partial charge in [-0.25, -0.2) is 0 Å². The van der Waals surface area contributed by atoms with Gasteiger partial charge >= 0.3 is 0 Å². The average Bonchev–Trinajstić information content (AvgIpc) is 2.38. The van der Waals surface area contributed by atoms with Crippen molar-refractivity contribution in [1.82, 2.24) is 0 Å². The van der Waals surface area contributed by atoms with Crippen molar-refractivity contribution in [2.75, 3.05) is 0 Å². The van der Waals surface area contributed by atoms with Crippen LogP contribution in [0.25, 0.3) is 0 Å². The quantitative estimate of drug-likeness (QED) is 0.402. The van der Waals surface area contributed by atoms with Gasteiger partial charge in [-0.2, -0.15) is 0 Å². The maximum Gasteiger partial charge on any atom is 0.198 e. The molecule has 1 N–H and O–H groups in total. The molecule has 0 fully saturated rings. The Labute approximate surface area is 62.4 Å². The normalized spacial score (nSPS) is 10.4. The van der Waals surface area contributed by atoms with Crippen LogP contribution in [0.2, 0.25) is 0 Å². The minimum atomic E-state index is -0.155. The number of ketones is 1. The molecular weight excluding hydrogens is 148 g/mol. The van der Waals surface area contributed by atoms with E-state index in [0.29, 0.717) is 4.88 Å². The highest BCUT2D eigenvalue weighted by Crippen LogP contribution is 2.09. The largest absolute Gasteiger partial charge is 0.515 e. The lowest BCUT2D eigenvalue weighted by Gasteiger charge is -1.83. The molecule has 0 amide bonds. The molecule has 52 valence electrons. The Morgan fingerprint density at radius 2 is 2.50 bits per heavy atom. The van der Waals surface area contributed by atoms with Crippen molar-refractivity contribution in [3.63, 3.8) is 0 Å². The van der Waals surface area contributed by atoms with E-state index >= 15 is 0 Å². The summed E-state index contributed by atoms with van der Waals surface area (Å²) < 4.78 is 0. The van der Waals surface area contributed by atoms with Crippen molar-refractivity contribution < 1.29 is 9.90 Å². The van der Waals surface area contributed by atoms with E-state index in [0.717, 1.165) is 12.3 Å². The van der Waals surface area contributed by atoms with Crippen LogP contribution in [0.3, 0.4) is 0 Å². The molecule has 1 rings (SSSR count). The maximum atomic E-state index is 10.9. The SMILES string of the molecule is O=C(/C=C/O)c1cccs1. The zero-order valence-electron chi connectivity index (χ0n) is 5.15. The van der Waals surface area contributed by atoms with Crippen molar-refractivity contribution in [2.24, 2.45) is 0 Å². The number of aliphatic hydroxyl groups is 1. The fourth-order valence-corrected chi connectivity index (χ4v) is 1.21. The lowest BCUT2D eigenvalue weighted by molar-refractivity contribution is 0.104. The van der Waals surface area contributed by atoms with Gasteiger partial charge in [-0.15, -0.1) is 11.3 Å². The Morgan fingerprint density at radius 3 is 3.00 bits per heavy atom. The topological polar surface area (TPSA) is 37.3 Å². The Bertz CT molecular complexity index is 236. The first-order valence-electron chi connectivity index (χ1n) is 2.73. The van der Waals surface area contributed by atoms with Crippen molar-refractivity contribution >= 4 is 17.1 Å². The van der Waals surface area contributed by atoms with Crippen LogP contribution in [0.15, 0.2) is 29.9 Å². The van der Waals surface area contributed by atoms with E-state index in [1.165, 1.54) is 11.3 Å². The third kappa shape index (κ3) is 1.45. The molecule has 0 bridgehead atoms. The molecule has 2 nitrogen and oxygen atoms in total. The minimum Gasteiger partial charge on any atom is -0.515 e. The Kier molecular flexibility index (Phi) is 2.23. The highest BCUT2D eigenvalue weighted by molar-refractivity contribution is 7.12. The number of hydrogen-bond acceptors (Lipinski definition) is 3. The molecular formula is C7H6O2S. The number of allylic oxidation sites excluding steroid dienone is 1. The van der Waals surface area contributed by atoms with Gasteiger partial charge in [-0.05, 0) is 11.4 Å². The molecule has 1 aromatic heterocycles. The van der Waals surface area contributed by atoms with Crippen LogP contribution in [-0.4, -0.2) is 10.9 Å². The highest BCUT2D eigenvalue weighted by atomic mass is 32.1. The van der Waals surface area contributed by atoms with E-state index in [2.05, 4.69) is 0 Å². The van der Waals surface area contributed by atoms with Gasteiger partial charge in [0, 0.05) is 6.08 Å². The molecule has 0 spiro atoms. The van der Waals surface area contributed by atoms with E-state index in [1.54, 1.807) is 12.1 Å². The zero-order valence-corrected chi connectivity index (χ0v) is 5.97. The molecule has 1 heterocycles. The fraction of sp³-hybridized carbons (Fsp3) is 0. The Hall–Kier alpha value is -1.09. The predicted octanol–water partition coefficient (Wildman–Crippen LogP) is 2.00. The van der Waals surface area contributed by atoms with E-state index in [9.17, 15) is 4.79 Å². The molecule has 3 heteroatoms. The fourth-order valence-electron chi connectivity index (χ4n) is 0.569. The summed E-state index contributed by atoms with van der Waals surface area (Å²) in [6, 6.07) is 3.51.